The van der Waals surface area contributed by atoms with Crippen LogP contribution < -0.4 is 29.4 Å². The quantitative estimate of drug-likeness (QED) is 0.0324. The Labute approximate surface area is 882 Å². The second-order valence-corrected chi connectivity index (χ2v) is 38.8. The molecular weight excluding hydrogens is 2060 g/mol. The van der Waals surface area contributed by atoms with Gasteiger partial charge in [0.2, 0.25) is 6.08 Å². The van der Waals surface area contributed by atoms with E-state index in [9.17, 15) is 63.3 Å². The van der Waals surface area contributed by atoms with Crippen LogP contribution in [0, 0.1) is 11.8 Å². The molecule has 3 heterocycles. The van der Waals surface area contributed by atoms with Crippen molar-refractivity contribution < 1.29 is 63.3 Å². The molecule has 0 spiro atoms. The van der Waals surface area contributed by atoms with Crippen molar-refractivity contribution in [3.05, 3.63) is 451 Å². The van der Waals surface area contributed by atoms with Gasteiger partial charge >= 0.3 is 18.1 Å². The molecule has 0 bridgehead atoms. The minimum absolute atomic E-state index is 0.0324. The van der Waals surface area contributed by atoms with E-state index >= 15 is 0 Å². The van der Waals surface area contributed by atoms with E-state index in [0.29, 0.717) is 131 Å². The number of rotatable bonds is 22. The monoisotopic (exact) mass is 2150 g/mol. The smallest absolute Gasteiger partial charge is 0.332 e. The molecule has 17 rings (SSSR count). The molecule has 14 aromatic rings. The molecule has 20 nitrogen and oxygen atoms in total. The van der Waals surface area contributed by atoms with Crippen LogP contribution in [0.5, 0.6) is 0 Å². The molecule has 30 heteroatoms. The van der Waals surface area contributed by atoms with Crippen LogP contribution in [0.15, 0.2) is 349 Å². The summed E-state index contributed by atoms with van der Waals surface area (Å²) in [5.41, 5.74) is 5.34. The number of hydrogen-bond acceptors (Lipinski definition) is 14. The molecule has 3 aliphatic heterocycles. The lowest BCUT2D eigenvalue weighted by Crippen LogP contribution is -2.48. The van der Waals surface area contributed by atoms with Crippen LogP contribution >= 0.6 is 120 Å². The molecule has 143 heavy (non-hydrogen) atoms. The van der Waals surface area contributed by atoms with Gasteiger partial charge in [-0.25, -0.2) is 19.2 Å². The SMILES string of the molecule is CC(=O)c1cccc(C(=O)C(C)Cc2ccc(Cl)cc2)c1.CC(=O)c1cccc(C2(O)C(C)N(c3ccc(Cl)cc3)C(=O)N2c2ccc(Cl)cc2)c1.CC(=O)c1cccc(C2(O)[C@@H](C)N(c3ccc(Cl)cc3)C(=O)N2c2ccc(Cl)cc2)c1.CC(=O)c1cccc(C2(O)[C@H](C)N(c3ccc(Cl)cc3)C(=O)N2c2ccc(Cl)cc2)c1.CC(Cc1ccc(Cl)cc1)C(=O)c1cccc(Br)c1.O=C=Nc1ccc(Cl)cc1. The molecule has 3 saturated heterocycles. The van der Waals surface area contributed by atoms with Crippen LogP contribution in [0.1, 0.15) is 152 Å². The maximum Gasteiger partial charge on any atom is 0.332 e. The molecule has 3 aliphatic rings. The number of amides is 6. The van der Waals surface area contributed by atoms with Gasteiger partial charge in [-0.2, -0.15) is 4.99 Å². The van der Waals surface area contributed by atoms with Crippen molar-refractivity contribution in [1.29, 1.82) is 0 Å². The fourth-order valence-electron chi connectivity index (χ4n) is 16.7. The van der Waals surface area contributed by atoms with Crippen LogP contribution in [0.4, 0.5) is 54.2 Å². The van der Waals surface area contributed by atoms with Crippen molar-refractivity contribution in [3.63, 3.8) is 0 Å². The Kier molecular flexibility index (Phi) is 37.0. The first kappa shape index (κ1) is 109. The molecule has 0 saturated carbocycles. The number of carbonyl (C=O) groups is 9. The summed E-state index contributed by atoms with van der Waals surface area (Å²) in [7, 11) is 0. The van der Waals surface area contributed by atoms with Crippen molar-refractivity contribution in [3.8, 4) is 0 Å². The van der Waals surface area contributed by atoms with Crippen molar-refractivity contribution in [2.24, 2.45) is 16.8 Å². The summed E-state index contributed by atoms with van der Waals surface area (Å²) >= 11 is 56.9. The number of aliphatic imine (C=N–C) groups is 1. The van der Waals surface area contributed by atoms with Crippen molar-refractivity contribution in [1.82, 2.24) is 0 Å². The maximum atomic E-state index is 13.7. The molecule has 0 aromatic heterocycles. The number of urea groups is 3. The number of nitrogens with zero attached hydrogens (tertiary/aromatic N) is 7. The Morgan fingerprint density at radius 1 is 0.315 bits per heavy atom. The Bertz CT molecular complexity index is 6600. The van der Waals surface area contributed by atoms with Crippen LogP contribution in [0.3, 0.4) is 0 Å². The number of hydrogen-bond donors (Lipinski definition) is 3. The van der Waals surface area contributed by atoms with Gasteiger partial charge in [0.05, 0.1) is 23.8 Å². The lowest BCUT2D eigenvalue weighted by atomic mass is 9.92. The first-order valence-corrected chi connectivity index (χ1v) is 49.0. The highest BCUT2D eigenvalue weighted by Crippen LogP contribution is 2.50. The van der Waals surface area contributed by atoms with E-state index < -0.39 is 53.4 Å². The van der Waals surface area contributed by atoms with Gasteiger partial charge in [-0.15, -0.1) is 0 Å². The second kappa shape index (κ2) is 48.6. The molecule has 0 radical (unpaired) electrons. The highest BCUT2D eigenvalue weighted by Gasteiger charge is 2.60. The highest BCUT2D eigenvalue weighted by molar-refractivity contribution is 9.10. The number of anilines is 6. The van der Waals surface area contributed by atoms with Crippen LogP contribution in [0.2, 0.25) is 45.2 Å². The van der Waals surface area contributed by atoms with E-state index in [0.717, 1.165) is 32.6 Å². The summed E-state index contributed by atoms with van der Waals surface area (Å²) in [6.45, 7) is 15.0. The first-order chi connectivity index (χ1) is 68.0. The number of Topliss-reactive ketones (excluding diaryl/α,β-unsaturated/α-hetero) is 6. The van der Waals surface area contributed by atoms with Crippen molar-refractivity contribution in [2.45, 2.75) is 110 Å². The molecule has 3 fully saturated rings. The third-order valence-corrected chi connectivity index (χ3v) is 27.0. The molecular formula is C113H95BrCl9N7O13. The zero-order chi connectivity index (χ0) is 104. The highest BCUT2D eigenvalue weighted by atomic mass is 79.9. The fraction of sp³-hybridized carbons (Fsp3) is 0.168. The summed E-state index contributed by atoms with van der Waals surface area (Å²) < 4.78 is 0.928. The van der Waals surface area contributed by atoms with E-state index in [2.05, 4.69) is 20.9 Å². The minimum atomic E-state index is -1.74. The molecule has 3 N–H and O–H groups in total. The minimum Gasteiger partial charge on any atom is -0.365 e. The van der Waals surface area contributed by atoms with Gasteiger partial charge in [0.15, 0.2) is 51.9 Å². The molecule has 730 valence electrons. The zero-order valence-corrected chi connectivity index (χ0v) is 86.9. The summed E-state index contributed by atoms with van der Waals surface area (Å²) in [5, 5.41) is 41.4. The molecule has 6 amide bonds. The van der Waals surface area contributed by atoms with Gasteiger partial charge in [-0.3, -0.25) is 58.2 Å². The number of aliphatic hydroxyl groups is 3. The zero-order valence-electron chi connectivity index (χ0n) is 78.5. The third-order valence-electron chi connectivity index (χ3n) is 24.2. The molecule has 0 aliphatic carbocycles. The maximum absolute atomic E-state index is 13.7. The summed E-state index contributed by atoms with van der Waals surface area (Å²) in [5.74, 6) is -0.400. The van der Waals surface area contributed by atoms with Gasteiger partial charge in [-0.05, 0) is 303 Å². The van der Waals surface area contributed by atoms with Crippen LogP contribution in [-0.2, 0) is 34.8 Å². The predicted molar refractivity (Wildman–Crippen MR) is 576 cm³/mol. The summed E-state index contributed by atoms with van der Waals surface area (Å²) in [4.78, 5) is 135. The van der Waals surface area contributed by atoms with Crippen LogP contribution in [0.25, 0.3) is 0 Å². The summed E-state index contributed by atoms with van der Waals surface area (Å²) in [6, 6.07) is 93.6. The number of isocyanates is 1. The fourth-order valence-corrected chi connectivity index (χ4v) is 18.2. The largest absolute Gasteiger partial charge is 0.365 e. The van der Waals surface area contributed by atoms with Gasteiger partial charge in [0.1, 0.15) is 0 Å². The molecule has 6 unspecified atom stereocenters. The van der Waals surface area contributed by atoms with E-state index in [1.54, 1.807) is 288 Å². The van der Waals surface area contributed by atoms with E-state index in [1.165, 1.54) is 63.2 Å². The van der Waals surface area contributed by atoms with Gasteiger partial charge in [0, 0.05) is 146 Å². The molecule has 8 atom stereocenters. The third kappa shape index (κ3) is 25.9. The number of halogens is 10. The normalized spacial score (nSPS) is 17.6. The van der Waals surface area contributed by atoms with E-state index in [1.807, 2.05) is 86.6 Å². The number of benzene rings is 14. The summed E-state index contributed by atoms with van der Waals surface area (Å²) in [6.07, 6.45) is 2.81. The number of ketones is 6. The predicted octanol–water partition coefficient (Wildman–Crippen LogP) is 29.7. The van der Waals surface area contributed by atoms with Crippen molar-refractivity contribution in [2.75, 3.05) is 29.4 Å². The standard InChI is InChI=1S/3C24H20Cl2N2O3.C18H17ClO2.C16H14BrClO.C7H4ClNO/c3*1-15(29)17-4-3-5-18(14-17)24(31)16(2)27(21-10-6-19(25)7-11-21)23(30)28(24)22-12-8-20(26)9-13-22;1-12(10-14-6-8-17(19)9-7-14)18(21)16-5-3-4-15(11-16)13(2)20;1-11(9-12-5-7-15(18)8-6-12)16(19)13-3-2-4-14(17)10-13;8-6-1-3-7(4-2-6)9-5-10/h3*3-14,16,31H,1-2H3;3-9,11-12H,10H2,1-2H3;2-8,10-11H,9H2,1H3;1-4H/t2*16-,24?;;;;/m10..../s1. The Hall–Kier alpha value is -12.7. The van der Waals surface area contributed by atoms with Gasteiger partial charge < -0.3 is 15.3 Å². The van der Waals surface area contributed by atoms with E-state index in [-0.39, 0.29) is 46.5 Å². The lowest BCUT2D eigenvalue weighted by molar-refractivity contribution is 0.0368. The van der Waals surface area contributed by atoms with E-state index in [4.69, 9.17) is 104 Å². The second-order valence-electron chi connectivity index (χ2n) is 34.0. The Morgan fingerprint density at radius 2 is 0.531 bits per heavy atom. The average molecular weight is 2160 g/mol. The van der Waals surface area contributed by atoms with Gasteiger partial charge in [0.25, 0.3) is 0 Å². The lowest BCUT2D eigenvalue weighted by Gasteiger charge is -2.36. The Morgan fingerprint density at radius 3 is 0.783 bits per heavy atom. The molecule has 14 aromatic carbocycles. The van der Waals surface area contributed by atoms with Gasteiger partial charge in [-0.1, -0.05) is 243 Å². The Balaban J connectivity index is 0.000000157. The first-order valence-electron chi connectivity index (χ1n) is 44.8. The number of carbonyl (C=O) groups excluding carboxylic acids is 10. The topological polar surface area (TPSA) is 263 Å². The average Bonchev–Trinajstić information content (AvgIpc) is 1.57. The van der Waals surface area contributed by atoms with Crippen LogP contribution in [-0.4, -0.2) is 92.3 Å². The van der Waals surface area contributed by atoms with Crippen molar-refractivity contribution >= 4 is 219 Å².